The van der Waals surface area contributed by atoms with Gasteiger partial charge in [0.25, 0.3) is 0 Å². The lowest BCUT2D eigenvalue weighted by atomic mass is 11.3. The van der Waals surface area contributed by atoms with Gasteiger partial charge in [0.05, 0.1) is 0 Å². The summed E-state index contributed by atoms with van der Waals surface area (Å²) in [6.45, 7) is 3.22. The Kier molecular flexibility index (Phi) is 1.91. The van der Waals surface area contributed by atoms with Crippen LogP contribution in [0.4, 0.5) is 3.89 Å². The van der Waals surface area contributed by atoms with Gasteiger partial charge in [-0.3, -0.25) is 0 Å². The Balaban J connectivity index is 3.91. The largest absolute Gasteiger partial charge is 0.173 e. The van der Waals surface area contributed by atoms with Crippen LogP contribution in [-0.2, 0) is 0 Å². The fourth-order valence-corrected chi connectivity index (χ4v) is 0.144. The monoisotopic (exact) mass is 118 g/mol. The van der Waals surface area contributed by atoms with E-state index in [9.17, 15) is 3.89 Å². The van der Waals surface area contributed by atoms with Gasteiger partial charge >= 0.3 is 0 Å². The number of hydrogen-bond acceptors (Lipinski definition) is 0. The zero-order valence-electron chi connectivity index (χ0n) is 4.15. The molecule has 0 saturated heterocycles. The van der Waals surface area contributed by atoms with Crippen molar-refractivity contribution in [1.82, 2.24) is 0 Å². The first kappa shape index (κ1) is 6.58. The van der Waals surface area contributed by atoms with E-state index >= 15 is 0 Å². The zero-order valence-corrected chi connectivity index (χ0v) is 4.96. The molecule has 0 aromatic heterocycles. The van der Waals surface area contributed by atoms with E-state index in [2.05, 4.69) is 6.58 Å². The summed E-state index contributed by atoms with van der Waals surface area (Å²) < 4.78 is 12.3. The Morgan fingerprint density at radius 2 is 2.43 bits per heavy atom. The van der Waals surface area contributed by atoms with Crippen molar-refractivity contribution in [1.29, 1.82) is 0 Å². The summed E-state index contributed by atoms with van der Waals surface area (Å²) >= 11 is 0. The van der Waals surface area contributed by atoms with Crippen molar-refractivity contribution in [2.24, 2.45) is 0 Å². The highest BCUT2D eigenvalue weighted by Crippen LogP contribution is 2.44. The predicted octanol–water partition coefficient (Wildman–Crippen LogP) is 2.04. The average molecular weight is 118 g/mol. The fraction of sp³-hybridized carbons (Fsp3) is 0.200. The molecule has 0 spiro atoms. The lowest BCUT2D eigenvalue weighted by Gasteiger charge is -2.09. The van der Waals surface area contributed by atoms with Crippen molar-refractivity contribution in [3.05, 3.63) is 12.0 Å². The molecule has 2 heteroatoms. The van der Waals surface area contributed by atoms with Gasteiger partial charge in [-0.15, -0.1) is 6.42 Å². The van der Waals surface area contributed by atoms with Gasteiger partial charge in [0.1, 0.15) is 0 Å². The second kappa shape index (κ2) is 2.04. The van der Waals surface area contributed by atoms with Crippen LogP contribution in [0.2, 0.25) is 0 Å². The molecule has 0 aliphatic heterocycles. The summed E-state index contributed by atoms with van der Waals surface area (Å²) in [5.41, 5.74) is 0. The van der Waals surface area contributed by atoms with Gasteiger partial charge in [-0.2, -0.15) is 3.89 Å². The normalized spacial score (nSPS) is 21.3. The minimum absolute atomic E-state index is 1.17. The number of terminal acetylenes is 1. The minimum Gasteiger partial charge on any atom is -0.173 e. The Bertz CT molecular complexity index is 110. The maximum Gasteiger partial charge on any atom is 0.00664 e. The highest BCUT2D eigenvalue weighted by atomic mass is 32.3. The van der Waals surface area contributed by atoms with E-state index in [1.807, 2.05) is 5.25 Å². The van der Waals surface area contributed by atoms with E-state index in [-0.39, 0.29) is 0 Å². The summed E-state index contributed by atoms with van der Waals surface area (Å²) in [4.78, 5) is 0. The molecule has 40 valence electrons. The van der Waals surface area contributed by atoms with Crippen molar-refractivity contribution in [2.75, 3.05) is 6.26 Å². The van der Waals surface area contributed by atoms with Gasteiger partial charge in [0.15, 0.2) is 0 Å². The molecule has 0 aromatic rings. The zero-order chi connectivity index (χ0) is 5.91. The van der Waals surface area contributed by atoms with Gasteiger partial charge in [0.2, 0.25) is 0 Å². The molecular formula is C5H7FS. The summed E-state index contributed by atoms with van der Waals surface area (Å²) in [7, 11) is -2.37. The van der Waals surface area contributed by atoms with Crippen LogP contribution in [0.5, 0.6) is 0 Å². The Morgan fingerprint density at radius 1 is 2.00 bits per heavy atom. The Morgan fingerprint density at radius 3 is 2.43 bits per heavy atom. The molecule has 1 atom stereocenters. The van der Waals surface area contributed by atoms with Crippen molar-refractivity contribution >= 4 is 10.4 Å². The van der Waals surface area contributed by atoms with Gasteiger partial charge < -0.3 is 0 Å². The van der Waals surface area contributed by atoms with Gasteiger partial charge in [-0.05, 0) is 21.1 Å². The summed E-state index contributed by atoms with van der Waals surface area (Å²) in [5.74, 6) is 0. The third kappa shape index (κ3) is 2.30. The first-order valence-corrected chi connectivity index (χ1v) is 3.70. The highest BCUT2D eigenvalue weighted by Gasteiger charge is 2.03. The first-order chi connectivity index (χ1) is 3.12. The SMILES string of the molecule is C#CS(C)(F)C=C. The average Bonchev–Trinajstić information content (AvgIpc) is 1.68. The standard InChI is InChI=1S/C5H7FS/c1-4-7(3,6)5-2/h1,5H,2H2,3H3. The van der Waals surface area contributed by atoms with Gasteiger partial charge in [-0.25, -0.2) is 0 Å². The summed E-state index contributed by atoms with van der Waals surface area (Å²) in [6, 6.07) is 0. The third-order valence-corrected chi connectivity index (χ3v) is 1.63. The molecular weight excluding hydrogens is 111 g/mol. The van der Waals surface area contributed by atoms with E-state index in [1.165, 1.54) is 11.7 Å². The lowest BCUT2D eigenvalue weighted by Crippen LogP contribution is -1.73. The van der Waals surface area contributed by atoms with Crippen molar-refractivity contribution in [3.8, 4) is 11.7 Å². The number of hydrogen-bond donors (Lipinski definition) is 0. The molecule has 0 N–H and O–H groups in total. The molecule has 0 nitrogen and oxygen atoms in total. The molecule has 7 heavy (non-hydrogen) atoms. The molecule has 0 radical (unpaired) electrons. The summed E-state index contributed by atoms with van der Waals surface area (Å²) in [5, 5.41) is 3.16. The molecule has 1 unspecified atom stereocenters. The number of rotatable bonds is 1. The predicted molar refractivity (Wildman–Crippen MR) is 33.7 cm³/mol. The Hall–Kier alpha value is -0.420. The Labute approximate surface area is 45.0 Å². The van der Waals surface area contributed by atoms with E-state index in [1.54, 1.807) is 0 Å². The van der Waals surface area contributed by atoms with Crippen LogP contribution >= 0.6 is 10.4 Å². The molecule has 0 rings (SSSR count). The molecule has 0 fully saturated rings. The molecule has 0 bridgehead atoms. The van der Waals surface area contributed by atoms with Gasteiger partial charge in [0, 0.05) is 6.26 Å². The maximum atomic E-state index is 12.3. The molecule has 0 aromatic carbocycles. The second-order valence-electron chi connectivity index (χ2n) is 1.16. The van der Waals surface area contributed by atoms with E-state index in [0.717, 1.165) is 0 Å². The van der Waals surface area contributed by atoms with Crippen molar-refractivity contribution in [3.63, 3.8) is 0 Å². The molecule has 0 saturated carbocycles. The maximum absolute atomic E-state index is 12.3. The smallest absolute Gasteiger partial charge is 0.00664 e. The topological polar surface area (TPSA) is 0 Å². The molecule has 0 aliphatic carbocycles. The van der Waals surface area contributed by atoms with Crippen LogP contribution in [0.25, 0.3) is 0 Å². The highest BCUT2D eigenvalue weighted by molar-refractivity contribution is 8.35. The third-order valence-electron chi connectivity index (χ3n) is 0.543. The van der Waals surface area contributed by atoms with Crippen LogP contribution < -0.4 is 0 Å². The molecule has 0 aliphatic rings. The van der Waals surface area contributed by atoms with Crippen molar-refractivity contribution < 1.29 is 3.89 Å². The van der Waals surface area contributed by atoms with E-state index in [0.29, 0.717) is 0 Å². The summed E-state index contributed by atoms with van der Waals surface area (Å²) in [6.07, 6.45) is 6.12. The minimum atomic E-state index is -2.37. The van der Waals surface area contributed by atoms with Crippen LogP contribution in [0.3, 0.4) is 0 Å². The van der Waals surface area contributed by atoms with Crippen LogP contribution in [0.1, 0.15) is 0 Å². The van der Waals surface area contributed by atoms with Gasteiger partial charge in [-0.1, -0.05) is 6.58 Å². The van der Waals surface area contributed by atoms with Crippen LogP contribution in [0.15, 0.2) is 12.0 Å². The van der Waals surface area contributed by atoms with E-state index < -0.39 is 10.4 Å². The molecule has 0 amide bonds. The second-order valence-corrected chi connectivity index (χ2v) is 3.49. The van der Waals surface area contributed by atoms with E-state index in [4.69, 9.17) is 6.42 Å². The van der Waals surface area contributed by atoms with Crippen LogP contribution in [0, 0.1) is 11.7 Å². The first-order valence-electron chi connectivity index (χ1n) is 1.70. The molecule has 0 heterocycles. The quantitative estimate of drug-likeness (QED) is 0.462. The lowest BCUT2D eigenvalue weighted by molar-refractivity contribution is 0.922. The fourth-order valence-electron chi connectivity index (χ4n) is 0.0481. The number of halogens is 1. The van der Waals surface area contributed by atoms with Crippen molar-refractivity contribution in [2.45, 2.75) is 0 Å². The van der Waals surface area contributed by atoms with Crippen LogP contribution in [-0.4, -0.2) is 6.26 Å².